The van der Waals surface area contributed by atoms with Crippen LogP contribution in [0.5, 0.6) is 0 Å². The maximum absolute atomic E-state index is 4.87. The highest BCUT2D eigenvalue weighted by atomic mass is 32.1. The number of hydrogen-bond donors (Lipinski definition) is 0. The zero-order chi connectivity index (χ0) is 18.5. The summed E-state index contributed by atoms with van der Waals surface area (Å²) >= 11 is 1.67. The van der Waals surface area contributed by atoms with Crippen molar-refractivity contribution < 1.29 is 0 Å². The molecule has 4 heterocycles. The fourth-order valence-electron chi connectivity index (χ4n) is 2.84. The average molecular weight is 373 g/mol. The van der Waals surface area contributed by atoms with Crippen molar-refractivity contribution in [1.82, 2.24) is 19.9 Å². The Morgan fingerprint density at radius 3 is 2.67 bits per heavy atom. The van der Waals surface area contributed by atoms with Crippen molar-refractivity contribution in [3.05, 3.63) is 77.6 Å². The summed E-state index contributed by atoms with van der Waals surface area (Å²) in [5.41, 5.74) is 5.09. The first-order valence-electron chi connectivity index (χ1n) is 8.72. The Hall–Kier alpha value is -3.12. The molecule has 4 rings (SSSR count). The summed E-state index contributed by atoms with van der Waals surface area (Å²) in [4.78, 5) is 20.2. The summed E-state index contributed by atoms with van der Waals surface area (Å²) in [6, 6.07) is 12.0. The molecule has 5 nitrogen and oxygen atoms in total. The van der Waals surface area contributed by atoms with Crippen LogP contribution in [0.1, 0.15) is 5.69 Å². The Balaban J connectivity index is 1.64. The van der Waals surface area contributed by atoms with E-state index in [9.17, 15) is 0 Å². The molecule has 4 aromatic heterocycles. The molecule has 0 aliphatic heterocycles. The number of aromatic nitrogens is 4. The van der Waals surface area contributed by atoms with Gasteiger partial charge >= 0.3 is 0 Å². The summed E-state index contributed by atoms with van der Waals surface area (Å²) < 4.78 is 0. The zero-order valence-electron chi connectivity index (χ0n) is 15.0. The lowest BCUT2D eigenvalue weighted by Crippen LogP contribution is -2.23. The summed E-state index contributed by atoms with van der Waals surface area (Å²) in [5, 5.41) is 4.18. The number of pyridine rings is 2. The molecule has 6 heteroatoms. The van der Waals surface area contributed by atoms with E-state index in [1.54, 1.807) is 17.5 Å². The van der Waals surface area contributed by atoms with E-state index in [1.807, 2.05) is 56.0 Å². The van der Waals surface area contributed by atoms with Crippen LogP contribution in [-0.2, 0) is 6.42 Å². The van der Waals surface area contributed by atoms with Gasteiger partial charge in [0.1, 0.15) is 0 Å². The summed E-state index contributed by atoms with van der Waals surface area (Å²) in [6.45, 7) is 0.793. The van der Waals surface area contributed by atoms with Gasteiger partial charge in [-0.05, 0) is 46.7 Å². The number of anilines is 1. The van der Waals surface area contributed by atoms with E-state index in [-0.39, 0.29) is 0 Å². The van der Waals surface area contributed by atoms with E-state index < -0.39 is 0 Å². The molecule has 0 aromatic carbocycles. The standard InChI is InChI=1S/C21H19N5S/c1-26(11-7-18-6-2-3-10-23-18)21-24-14-19(17-8-12-27-15-17)20(25-21)16-5-4-9-22-13-16/h2-6,8-10,12-15H,7,11H2,1H3. The molecule has 134 valence electrons. The van der Waals surface area contributed by atoms with Gasteiger partial charge in [-0.2, -0.15) is 11.3 Å². The van der Waals surface area contributed by atoms with Gasteiger partial charge in [0, 0.05) is 61.6 Å². The van der Waals surface area contributed by atoms with Crippen molar-refractivity contribution in [2.45, 2.75) is 6.42 Å². The highest BCUT2D eigenvalue weighted by molar-refractivity contribution is 7.08. The zero-order valence-corrected chi connectivity index (χ0v) is 15.8. The second kappa shape index (κ2) is 8.05. The number of nitrogens with zero attached hydrogens (tertiary/aromatic N) is 5. The first-order chi connectivity index (χ1) is 13.3. The summed E-state index contributed by atoms with van der Waals surface area (Å²) in [5.74, 6) is 0.698. The van der Waals surface area contributed by atoms with Crippen LogP contribution in [0.3, 0.4) is 0 Å². The van der Waals surface area contributed by atoms with Gasteiger partial charge in [0.15, 0.2) is 0 Å². The predicted octanol–water partition coefficient (Wildman–Crippen LogP) is 4.34. The number of likely N-dealkylation sites (N-methyl/N-ethyl adjacent to an activating group) is 1. The Kier molecular flexibility index (Phi) is 5.16. The van der Waals surface area contributed by atoms with Crippen molar-refractivity contribution in [3.8, 4) is 22.4 Å². The smallest absolute Gasteiger partial charge is 0.225 e. The van der Waals surface area contributed by atoms with Gasteiger partial charge in [0.05, 0.1) is 5.69 Å². The van der Waals surface area contributed by atoms with Gasteiger partial charge in [-0.15, -0.1) is 0 Å². The second-order valence-electron chi connectivity index (χ2n) is 6.18. The topological polar surface area (TPSA) is 54.8 Å². The minimum absolute atomic E-state index is 0.698. The molecule has 0 N–H and O–H groups in total. The van der Waals surface area contributed by atoms with Crippen LogP contribution >= 0.6 is 11.3 Å². The Labute approximate surface area is 162 Å². The third kappa shape index (κ3) is 4.01. The molecule has 0 spiro atoms. The maximum atomic E-state index is 4.87. The van der Waals surface area contributed by atoms with Gasteiger partial charge in [-0.25, -0.2) is 9.97 Å². The quantitative estimate of drug-likeness (QED) is 0.503. The lowest BCUT2D eigenvalue weighted by atomic mass is 10.0. The Morgan fingerprint density at radius 2 is 1.93 bits per heavy atom. The number of thiophene rings is 1. The first kappa shape index (κ1) is 17.3. The SMILES string of the molecule is CN(CCc1ccccn1)c1ncc(-c2ccsc2)c(-c2cccnc2)n1. The van der Waals surface area contributed by atoms with Crippen molar-refractivity contribution in [2.24, 2.45) is 0 Å². The molecule has 0 radical (unpaired) electrons. The van der Waals surface area contributed by atoms with E-state index in [1.165, 1.54) is 0 Å². The van der Waals surface area contributed by atoms with Crippen molar-refractivity contribution >= 4 is 17.3 Å². The molecule has 0 aliphatic carbocycles. The van der Waals surface area contributed by atoms with Gasteiger partial charge in [-0.3, -0.25) is 9.97 Å². The van der Waals surface area contributed by atoms with Crippen molar-refractivity contribution in [2.75, 3.05) is 18.5 Å². The summed E-state index contributed by atoms with van der Waals surface area (Å²) in [7, 11) is 2.01. The largest absolute Gasteiger partial charge is 0.343 e. The van der Waals surface area contributed by atoms with Crippen molar-refractivity contribution in [1.29, 1.82) is 0 Å². The van der Waals surface area contributed by atoms with Crippen LogP contribution in [0.2, 0.25) is 0 Å². The molecule has 0 aliphatic rings. The second-order valence-corrected chi connectivity index (χ2v) is 6.96. The van der Waals surface area contributed by atoms with Gasteiger partial charge < -0.3 is 4.90 Å². The normalized spacial score (nSPS) is 10.7. The lowest BCUT2D eigenvalue weighted by molar-refractivity contribution is 0.822. The molecular formula is C21H19N5S. The molecule has 27 heavy (non-hydrogen) atoms. The monoisotopic (exact) mass is 373 g/mol. The average Bonchev–Trinajstić information content (AvgIpc) is 3.28. The van der Waals surface area contributed by atoms with Crippen LogP contribution in [0.15, 0.2) is 71.9 Å². The summed E-state index contributed by atoms with van der Waals surface area (Å²) in [6.07, 6.45) is 8.19. The molecule has 0 saturated carbocycles. The van der Waals surface area contributed by atoms with E-state index in [0.29, 0.717) is 5.95 Å². The number of rotatable bonds is 6. The van der Waals surface area contributed by atoms with E-state index in [4.69, 9.17) is 4.98 Å². The van der Waals surface area contributed by atoms with E-state index in [2.05, 4.69) is 36.7 Å². The highest BCUT2D eigenvalue weighted by Gasteiger charge is 2.14. The molecule has 0 unspecified atom stereocenters. The van der Waals surface area contributed by atoms with Crippen LogP contribution in [0.25, 0.3) is 22.4 Å². The molecule has 0 amide bonds. The molecule has 0 saturated heterocycles. The molecular weight excluding hydrogens is 354 g/mol. The fourth-order valence-corrected chi connectivity index (χ4v) is 3.49. The third-order valence-corrected chi connectivity index (χ3v) is 5.00. The minimum atomic E-state index is 0.698. The molecule has 4 aromatic rings. The minimum Gasteiger partial charge on any atom is -0.343 e. The fraction of sp³-hybridized carbons (Fsp3) is 0.143. The van der Waals surface area contributed by atoms with Crippen LogP contribution in [0.4, 0.5) is 5.95 Å². The highest BCUT2D eigenvalue weighted by Crippen LogP contribution is 2.32. The molecule has 0 fully saturated rings. The maximum Gasteiger partial charge on any atom is 0.225 e. The van der Waals surface area contributed by atoms with Crippen LogP contribution in [0, 0.1) is 0 Å². The van der Waals surface area contributed by atoms with Crippen LogP contribution < -0.4 is 4.90 Å². The third-order valence-electron chi connectivity index (χ3n) is 4.31. The predicted molar refractivity (Wildman–Crippen MR) is 110 cm³/mol. The number of hydrogen-bond acceptors (Lipinski definition) is 6. The van der Waals surface area contributed by atoms with Gasteiger partial charge in [-0.1, -0.05) is 6.07 Å². The molecule has 0 atom stereocenters. The van der Waals surface area contributed by atoms with E-state index >= 15 is 0 Å². The van der Waals surface area contributed by atoms with Crippen molar-refractivity contribution in [3.63, 3.8) is 0 Å². The first-order valence-corrected chi connectivity index (χ1v) is 9.66. The van der Waals surface area contributed by atoms with Gasteiger partial charge in [0.2, 0.25) is 5.95 Å². The molecule has 0 bridgehead atoms. The van der Waals surface area contributed by atoms with Gasteiger partial charge in [0.25, 0.3) is 0 Å². The van der Waals surface area contributed by atoms with E-state index in [0.717, 1.165) is 41.0 Å². The Bertz CT molecular complexity index is 988. The van der Waals surface area contributed by atoms with Crippen LogP contribution in [-0.4, -0.2) is 33.5 Å². The lowest BCUT2D eigenvalue weighted by Gasteiger charge is -2.18. The Morgan fingerprint density at radius 1 is 0.963 bits per heavy atom.